The monoisotopic (exact) mass is 314 g/mol. The highest BCUT2D eigenvalue weighted by atomic mass is 35.5. The zero-order valence-electron chi connectivity index (χ0n) is 10.9. The molecule has 1 heterocycles. The van der Waals surface area contributed by atoms with Crippen LogP contribution in [0.5, 0.6) is 0 Å². The minimum absolute atomic E-state index is 0.00788. The van der Waals surface area contributed by atoms with E-state index in [1.165, 1.54) is 10.9 Å². The van der Waals surface area contributed by atoms with Crippen molar-refractivity contribution in [2.45, 2.75) is 11.4 Å². The number of hydrogen-bond donors (Lipinski definition) is 2. The molecular weight excluding hydrogens is 300 g/mol. The number of benzene rings is 1. The Morgan fingerprint density at radius 2 is 2.00 bits per heavy atom. The second kappa shape index (κ2) is 5.82. The van der Waals surface area contributed by atoms with Gasteiger partial charge < -0.3 is 10.3 Å². The van der Waals surface area contributed by atoms with Crippen molar-refractivity contribution in [1.29, 1.82) is 0 Å². The summed E-state index contributed by atoms with van der Waals surface area (Å²) >= 11 is 5.79. The first-order chi connectivity index (χ1) is 9.40. The lowest BCUT2D eigenvalue weighted by Crippen LogP contribution is -2.28. The molecule has 8 heteroatoms. The van der Waals surface area contributed by atoms with E-state index < -0.39 is 10.0 Å². The molecule has 0 aliphatic rings. The molecule has 2 aromatic rings. The van der Waals surface area contributed by atoms with Crippen molar-refractivity contribution in [2.75, 3.05) is 12.3 Å². The number of aromatic nitrogens is 2. The van der Waals surface area contributed by atoms with E-state index in [2.05, 4.69) is 9.71 Å². The van der Waals surface area contributed by atoms with Crippen LogP contribution in [0.4, 0.5) is 5.82 Å². The first-order valence-corrected chi connectivity index (χ1v) is 7.77. The quantitative estimate of drug-likeness (QED) is 0.867. The van der Waals surface area contributed by atoms with E-state index in [-0.39, 0.29) is 17.4 Å². The molecule has 0 unspecified atom stereocenters. The lowest BCUT2D eigenvalue weighted by molar-refractivity contribution is 0.572. The van der Waals surface area contributed by atoms with E-state index in [1.807, 2.05) is 12.1 Å². The van der Waals surface area contributed by atoms with Gasteiger partial charge in [-0.1, -0.05) is 23.7 Å². The van der Waals surface area contributed by atoms with Crippen molar-refractivity contribution in [2.24, 2.45) is 7.05 Å². The fourth-order valence-corrected chi connectivity index (χ4v) is 3.20. The van der Waals surface area contributed by atoms with Crippen LogP contribution in [0.1, 0.15) is 5.56 Å². The highest BCUT2D eigenvalue weighted by molar-refractivity contribution is 7.89. The number of hydrogen-bond acceptors (Lipinski definition) is 4. The number of rotatable bonds is 5. The van der Waals surface area contributed by atoms with Crippen LogP contribution < -0.4 is 10.5 Å². The van der Waals surface area contributed by atoms with Gasteiger partial charge in [-0.15, -0.1) is 0 Å². The summed E-state index contributed by atoms with van der Waals surface area (Å²) in [7, 11) is -2.08. The molecule has 0 atom stereocenters. The number of anilines is 1. The molecule has 0 aliphatic carbocycles. The predicted octanol–water partition coefficient (Wildman–Crippen LogP) is 1.18. The van der Waals surface area contributed by atoms with E-state index in [0.29, 0.717) is 11.4 Å². The molecule has 2 rings (SSSR count). The first-order valence-electron chi connectivity index (χ1n) is 5.91. The summed E-state index contributed by atoms with van der Waals surface area (Å²) in [5.41, 5.74) is 6.56. The summed E-state index contributed by atoms with van der Waals surface area (Å²) < 4.78 is 28.1. The molecule has 0 fully saturated rings. The average Bonchev–Trinajstić information content (AvgIpc) is 2.72. The molecule has 0 bridgehead atoms. The molecule has 20 heavy (non-hydrogen) atoms. The minimum Gasteiger partial charge on any atom is -0.381 e. The molecule has 3 N–H and O–H groups in total. The van der Waals surface area contributed by atoms with Crippen LogP contribution >= 0.6 is 11.6 Å². The summed E-state index contributed by atoms with van der Waals surface area (Å²) in [6.07, 6.45) is 1.93. The van der Waals surface area contributed by atoms with E-state index >= 15 is 0 Å². The first kappa shape index (κ1) is 14.8. The van der Waals surface area contributed by atoms with Gasteiger partial charge >= 0.3 is 0 Å². The number of nitrogens with zero attached hydrogens (tertiary/aromatic N) is 2. The second-order valence-electron chi connectivity index (χ2n) is 4.32. The fourth-order valence-electron chi connectivity index (χ4n) is 1.81. The molecule has 0 amide bonds. The molecule has 0 spiro atoms. The Hall–Kier alpha value is -1.57. The van der Waals surface area contributed by atoms with Crippen molar-refractivity contribution in [3.05, 3.63) is 41.2 Å². The zero-order valence-corrected chi connectivity index (χ0v) is 12.4. The van der Waals surface area contributed by atoms with Gasteiger partial charge in [0.1, 0.15) is 0 Å². The van der Waals surface area contributed by atoms with Gasteiger partial charge in [-0.05, 0) is 24.1 Å². The Morgan fingerprint density at radius 3 is 2.55 bits per heavy atom. The molecule has 0 radical (unpaired) electrons. The number of sulfonamides is 1. The Bertz CT molecular complexity index is 675. The number of aryl methyl sites for hydroxylation is 1. The Morgan fingerprint density at radius 1 is 1.35 bits per heavy atom. The third kappa shape index (κ3) is 3.30. The van der Waals surface area contributed by atoms with Crippen molar-refractivity contribution in [3.8, 4) is 0 Å². The van der Waals surface area contributed by atoms with E-state index in [9.17, 15) is 8.42 Å². The van der Waals surface area contributed by atoms with Crippen LogP contribution in [0.25, 0.3) is 0 Å². The molecule has 6 nitrogen and oxygen atoms in total. The highest BCUT2D eigenvalue weighted by Crippen LogP contribution is 2.15. The van der Waals surface area contributed by atoms with Crippen LogP contribution in [-0.2, 0) is 23.5 Å². The van der Waals surface area contributed by atoms with Gasteiger partial charge in [0, 0.05) is 18.6 Å². The van der Waals surface area contributed by atoms with Gasteiger partial charge in [0.2, 0.25) is 0 Å². The molecule has 1 aromatic carbocycles. The van der Waals surface area contributed by atoms with Gasteiger partial charge in [-0.25, -0.2) is 18.1 Å². The SMILES string of the molecule is Cn1cnc(N)c1S(=O)(=O)NCCc1ccc(Cl)cc1. The predicted molar refractivity (Wildman–Crippen MR) is 78.0 cm³/mol. The molecule has 0 aliphatic heterocycles. The fraction of sp³-hybridized carbons (Fsp3) is 0.250. The number of nitrogens with two attached hydrogens (primary N) is 1. The minimum atomic E-state index is -3.66. The third-order valence-corrected chi connectivity index (χ3v) is 4.63. The number of nitrogen functional groups attached to an aromatic ring is 1. The molecule has 0 saturated heterocycles. The van der Waals surface area contributed by atoms with Gasteiger partial charge in [0.15, 0.2) is 10.8 Å². The lowest BCUT2D eigenvalue weighted by Gasteiger charge is -2.08. The molecule has 1 aromatic heterocycles. The van der Waals surface area contributed by atoms with Crippen molar-refractivity contribution >= 4 is 27.4 Å². The summed E-state index contributed by atoms with van der Waals surface area (Å²) in [5.74, 6) is -0.00788. The van der Waals surface area contributed by atoms with Crippen LogP contribution in [-0.4, -0.2) is 24.5 Å². The van der Waals surface area contributed by atoms with Crippen LogP contribution in [0.2, 0.25) is 5.02 Å². The van der Waals surface area contributed by atoms with Crippen molar-refractivity contribution in [3.63, 3.8) is 0 Å². The highest BCUT2D eigenvalue weighted by Gasteiger charge is 2.21. The third-order valence-electron chi connectivity index (χ3n) is 2.78. The molecule has 0 saturated carbocycles. The maximum Gasteiger partial charge on any atom is 0.260 e. The maximum absolute atomic E-state index is 12.1. The summed E-state index contributed by atoms with van der Waals surface area (Å²) in [6, 6.07) is 7.25. The van der Waals surface area contributed by atoms with Crippen molar-refractivity contribution < 1.29 is 8.42 Å². The standard InChI is InChI=1S/C12H15ClN4O2S/c1-17-8-15-11(14)12(17)20(18,19)16-7-6-9-2-4-10(13)5-3-9/h2-5,8,16H,6-7,14H2,1H3. The zero-order chi connectivity index (χ0) is 14.8. The smallest absolute Gasteiger partial charge is 0.260 e. The Kier molecular flexibility index (Phi) is 4.32. The summed E-state index contributed by atoms with van der Waals surface area (Å²) in [6.45, 7) is 0.272. The van der Waals surface area contributed by atoms with Gasteiger partial charge in [-0.3, -0.25) is 0 Å². The topological polar surface area (TPSA) is 90.0 Å². The summed E-state index contributed by atoms with van der Waals surface area (Å²) in [5, 5.41) is 0.630. The van der Waals surface area contributed by atoms with Crippen LogP contribution in [0.15, 0.2) is 35.6 Å². The Labute approximate surface area is 122 Å². The normalized spacial score (nSPS) is 11.7. The number of imidazole rings is 1. The molecular formula is C12H15ClN4O2S. The Balaban J connectivity index is 2.02. The second-order valence-corrected chi connectivity index (χ2v) is 6.44. The van der Waals surface area contributed by atoms with Crippen LogP contribution in [0, 0.1) is 0 Å². The van der Waals surface area contributed by atoms with E-state index in [4.69, 9.17) is 17.3 Å². The number of halogens is 1. The maximum atomic E-state index is 12.1. The van der Waals surface area contributed by atoms with E-state index in [0.717, 1.165) is 5.56 Å². The van der Waals surface area contributed by atoms with E-state index in [1.54, 1.807) is 19.2 Å². The van der Waals surface area contributed by atoms with Crippen molar-refractivity contribution in [1.82, 2.24) is 14.3 Å². The van der Waals surface area contributed by atoms with Crippen LogP contribution in [0.3, 0.4) is 0 Å². The lowest BCUT2D eigenvalue weighted by atomic mass is 10.2. The van der Waals surface area contributed by atoms with Gasteiger partial charge in [-0.2, -0.15) is 0 Å². The summed E-state index contributed by atoms with van der Waals surface area (Å²) in [4.78, 5) is 3.77. The number of nitrogens with one attached hydrogen (secondary N) is 1. The average molecular weight is 315 g/mol. The largest absolute Gasteiger partial charge is 0.381 e. The van der Waals surface area contributed by atoms with Gasteiger partial charge in [0.25, 0.3) is 10.0 Å². The molecule has 108 valence electrons. The van der Waals surface area contributed by atoms with Gasteiger partial charge in [0.05, 0.1) is 6.33 Å².